The van der Waals surface area contributed by atoms with Crippen molar-refractivity contribution in [2.45, 2.75) is 18.8 Å². The minimum Gasteiger partial charge on any atom is -0.406 e. The van der Waals surface area contributed by atoms with Gasteiger partial charge in [0.05, 0.1) is 6.04 Å². The van der Waals surface area contributed by atoms with Gasteiger partial charge >= 0.3 is 6.36 Å². The second kappa shape index (κ2) is 8.70. The minimum absolute atomic E-state index is 0.129. The van der Waals surface area contributed by atoms with Crippen LogP contribution in [0.4, 0.5) is 18.9 Å². The topological polar surface area (TPSA) is 32.8 Å². The number of halogens is 3. The molecular formula is C24H21F3N2O2S. The maximum absolute atomic E-state index is 13.4. The Labute approximate surface area is 188 Å². The van der Waals surface area contributed by atoms with Crippen molar-refractivity contribution in [3.63, 3.8) is 0 Å². The number of ether oxygens (including phenoxy) is 1. The molecule has 0 saturated heterocycles. The molecule has 1 amide bonds. The third kappa shape index (κ3) is 4.50. The number of rotatable bonds is 5. The summed E-state index contributed by atoms with van der Waals surface area (Å²) in [6.45, 7) is 4.25. The number of anilines is 1. The molecule has 32 heavy (non-hydrogen) atoms. The van der Waals surface area contributed by atoms with E-state index in [0.29, 0.717) is 12.1 Å². The van der Waals surface area contributed by atoms with Crippen LogP contribution >= 0.6 is 11.3 Å². The molecule has 0 aliphatic carbocycles. The summed E-state index contributed by atoms with van der Waals surface area (Å²) in [5.41, 5.74) is 3.19. The largest absolute Gasteiger partial charge is 0.573 e. The molecule has 0 N–H and O–H groups in total. The van der Waals surface area contributed by atoms with Gasteiger partial charge in [-0.15, -0.1) is 24.5 Å². The lowest BCUT2D eigenvalue weighted by molar-refractivity contribution is -0.274. The van der Waals surface area contributed by atoms with Crippen LogP contribution in [-0.4, -0.2) is 30.8 Å². The van der Waals surface area contributed by atoms with Gasteiger partial charge in [0.15, 0.2) is 0 Å². The number of hydrogen-bond donors (Lipinski definition) is 0. The maximum atomic E-state index is 13.4. The predicted octanol–water partition coefficient (Wildman–Crippen LogP) is 6.01. The zero-order valence-corrected chi connectivity index (χ0v) is 18.1. The molecule has 1 atom stereocenters. The first kappa shape index (κ1) is 22.0. The molecule has 0 fully saturated rings. The first-order valence-corrected chi connectivity index (χ1v) is 10.8. The molecule has 8 heteroatoms. The van der Waals surface area contributed by atoms with E-state index in [-0.39, 0.29) is 17.7 Å². The molecule has 166 valence electrons. The van der Waals surface area contributed by atoms with Gasteiger partial charge in [0, 0.05) is 29.7 Å². The molecular weight excluding hydrogens is 437 g/mol. The third-order valence-electron chi connectivity index (χ3n) is 5.45. The van der Waals surface area contributed by atoms with Gasteiger partial charge in [-0.1, -0.05) is 18.7 Å². The van der Waals surface area contributed by atoms with Crippen molar-refractivity contribution in [1.82, 2.24) is 4.90 Å². The molecule has 4 nitrogen and oxygen atoms in total. The van der Waals surface area contributed by atoms with Gasteiger partial charge in [0.25, 0.3) is 5.91 Å². The normalized spacial score (nSPS) is 15.8. The Hall–Kier alpha value is -3.26. The van der Waals surface area contributed by atoms with E-state index >= 15 is 0 Å². The van der Waals surface area contributed by atoms with Crippen LogP contribution in [0.5, 0.6) is 5.75 Å². The zero-order valence-electron chi connectivity index (χ0n) is 17.3. The fraction of sp³-hybridized carbons (Fsp3) is 0.208. The lowest BCUT2D eigenvalue weighted by atomic mass is 9.92. The summed E-state index contributed by atoms with van der Waals surface area (Å²) in [6.07, 6.45) is -2.33. The molecule has 0 radical (unpaired) electrons. The highest BCUT2D eigenvalue weighted by molar-refractivity contribution is 7.10. The van der Waals surface area contributed by atoms with E-state index in [1.54, 1.807) is 46.7 Å². The number of thiophene rings is 1. The van der Waals surface area contributed by atoms with Gasteiger partial charge in [-0.3, -0.25) is 4.79 Å². The van der Waals surface area contributed by atoms with E-state index in [9.17, 15) is 18.0 Å². The molecule has 0 bridgehead atoms. The highest BCUT2D eigenvalue weighted by atomic mass is 32.1. The van der Waals surface area contributed by atoms with E-state index < -0.39 is 6.36 Å². The average molecular weight is 459 g/mol. The van der Waals surface area contributed by atoms with Gasteiger partial charge in [-0.05, 0) is 71.6 Å². The third-order valence-corrected chi connectivity index (χ3v) is 6.45. The van der Waals surface area contributed by atoms with Crippen molar-refractivity contribution in [3.8, 4) is 5.75 Å². The summed E-state index contributed by atoms with van der Waals surface area (Å²) in [4.78, 5) is 18.2. The molecule has 0 saturated carbocycles. The van der Waals surface area contributed by atoms with Crippen LogP contribution in [0.2, 0.25) is 0 Å². The van der Waals surface area contributed by atoms with Crippen molar-refractivity contribution in [3.05, 3.63) is 94.3 Å². The Morgan fingerprint density at radius 1 is 1.16 bits per heavy atom. The van der Waals surface area contributed by atoms with Crippen LogP contribution in [-0.2, 0) is 6.42 Å². The molecule has 1 unspecified atom stereocenters. The molecule has 2 heterocycles. The van der Waals surface area contributed by atoms with E-state index in [2.05, 4.69) is 11.3 Å². The zero-order chi connectivity index (χ0) is 22.9. The Morgan fingerprint density at radius 2 is 1.84 bits per heavy atom. The number of carbonyl (C=O) groups is 1. The van der Waals surface area contributed by atoms with Crippen molar-refractivity contribution in [2.75, 3.05) is 18.5 Å². The second-order valence-electron chi connectivity index (χ2n) is 7.41. The fourth-order valence-electron chi connectivity index (χ4n) is 3.86. The van der Waals surface area contributed by atoms with Crippen molar-refractivity contribution >= 4 is 22.9 Å². The Balaban J connectivity index is 1.65. The predicted molar refractivity (Wildman–Crippen MR) is 119 cm³/mol. The Kier molecular flexibility index (Phi) is 5.97. The number of hydrogen-bond acceptors (Lipinski definition) is 4. The van der Waals surface area contributed by atoms with Gasteiger partial charge < -0.3 is 14.5 Å². The average Bonchev–Trinajstić information content (AvgIpc) is 3.26. The van der Waals surface area contributed by atoms with Gasteiger partial charge in [0.2, 0.25) is 0 Å². The first-order chi connectivity index (χ1) is 15.3. The highest BCUT2D eigenvalue weighted by Crippen LogP contribution is 2.39. The van der Waals surface area contributed by atoms with Crippen LogP contribution < -0.4 is 9.64 Å². The van der Waals surface area contributed by atoms with Crippen LogP contribution in [0.25, 0.3) is 0 Å². The highest BCUT2D eigenvalue weighted by Gasteiger charge is 2.34. The van der Waals surface area contributed by atoms with Crippen LogP contribution in [0.1, 0.15) is 32.4 Å². The monoisotopic (exact) mass is 458 g/mol. The fourth-order valence-corrected chi connectivity index (χ4v) is 4.76. The number of alkyl halides is 3. The second-order valence-corrected chi connectivity index (χ2v) is 8.41. The number of nitrogens with zero attached hydrogens (tertiary/aromatic N) is 2. The summed E-state index contributed by atoms with van der Waals surface area (Å²) in [6, 6.07) is 14.6. The van der Waals surface area contributed by atoms with Crippen LogP contribution in [0, 0.1) is 0 Å². The summed E-state index contributed by atoms with van der Waals surface area (Å²) >= 11 is 1.63. The van der Waals surface area contributed by atoms with Crippen LogP contribution in [0.15, 0.2) is 72.8 Å². The van der Waals surface area contributed by atoms with Crippen molar-refractivity contribution in [1.29, 1.82) is 0 Å². The lowest BCUT2D eigenvalue weighted by Gasteiger charge is -2.36. The lowest BCUT2D eigenvalue weighted by Crippen LogP contribution is -2.40. The molecule has 0 spiro atoms. The van der Waals surface area contributed by atoms with Crippen LogP contribution in [0.3, 0.4) is 0 Å². The molecule has 1 aromatic heterocycles. The Bertz CT molecular complexity index is 1110. The number of benzene rings is 2. The summed E-state index contributed by atoms with van der Waals surface area (Å²) < 4.78 is 41.6. The van der Waals surface area contributed by atoms with Crippen molar-refractivity contribution < 1.29 is 22.7 Å². The smallest absolute Gasteiger partial charge is 0.406 e. The molecule has 3 aromatic rings. The van der Waals surface area contributed by atoms with Gasteiger partial charge in [-0.25, -0.2) is 0 Å². The van der Waals surface area contributed by atoms with E-state index in [0.717, 1.165) is 23.2 Å². The quantitative estimate of drug-likeness (QED) is 0.469. The standard InChI is InChI=1S/C24H21F3N2O2S/c1-3-28(2)18-8-4-17(5-9-18)23(30)29-14-12-21-20(13-15-32-21)22(29)16-6-10-19(11-7-16)31-24(25,26)27/h3-11,13,15,22H,1,12,14H2,2H3. The SMILES string of the molecule is C=CN(C)c1ccc(C(=O)N2CCc3sccc3C2c2ccc(OC(F)(F)F)cc2)cc1. The first-order valence-electron chi connectivity index (χ1n) is 9.95. The number of fused-ring (bicyclic) bond motifs is 1. The summed E-state index contributed by atoms with van der Waals surface area (Å²) in [5, 5.41) is 1.98. The summed E-state index contributed by atoms with van der Waals surface area (Å²) in [7, 11) is 1.87. The van der Waals surface area contributed by atoms with Gasteiger partial charge in [0.1, 0.15) is 5.75 Å². The molecule has 1 aliphatic rings. The Morgan fingerprint density at radius 3 is 2.47 bits per heavy atom. The number of amides is 1. The molecule has 1 aliphatic heterocycles. The molecule has 4 rings (SSSR count). The summed E-state index contributed by atoms with van der Waals surface area (Å²) in [5.74, 6) is -0.419. The van der Waals surface area contributed by atoms with E-state index in [1.165, 1.54) is 17.0 Å². The maximum Gasteiger partial charge on any atom is 0.573 e. The van der Waals surface area contributed by atoms with Crippen molar-refractivity contribution in [2.24, 2.45) is 0 Å². The minimum atomic E-state index is -4.75. The molecule has 2 aromatic carbocycles. The van der Waals surface area contributed by atoms with E-state index in [4.69, 9.17) is 0 Å². The van der Waals surface area contributed by atoms with Gasteiger partial charge in [-0.2, -0.15) is 0 Å². The van der Waals surface area contributed by atoms with E-state index in [1.807, 2.05) is 35.5 Å². The number of carbonyl (C=O) groups excluding carboxylic acids is 1.